The second kappa shape index (κ2) is 7.03. The lowest BCUT2D eigenvalue weighted by molar-refractivity contribution is 0.0740. The smallest absolute Gasteiger partial charge is 0.275 e. The van der Waals surface area contributed by atoms with Crippen molar-refractivity contribution in [1.82, 2.24) is 14.7 Å². The van der Waals surface area contributed by atoms with Crippen LogP contribution in [-0.4, -0.2) is 46.8 Å². The number of halogens is 2. The highest BCUT2D eigenvalue weighted by atomic mass is 19.1. The zero-order valence-corrected chi connectivity index (χ0v) is 15.2. The van der Waals surface area contributed by atoms with Crippen molar-refractivity contribution in [2.24, 2.45) is 7.05 Å². The summed E-state index contributed by atoms with van der Waals surface area (Å²) in [6.45, 7) is 1.66. The number of hydrogen-bond acceptors (Lipinski definition) is 4. The summed E-state index contributed by atoms with van der Waals surface area (Å²) in [5.74, 6) is -1.53. The van der Waals surface area contributed by atoms with E-state index in [-0.39, 0.29) is 17.2 Å². The Labute approximate surface area is 159 Å². The number of hydrogen-bond donors (Lipinski definition) is 0. The molecule has 1 aliphatic heterocycles. The number of rotatable bonds is 2. The maximum Gasteiger partial charge on any atom is 0.275 e. The lowest BCUT2D eigenvalue weighted by Crippen LogP contribution is -2.49. The number of aromatic nitrogens is 2. The van der Waals surface area contributed by atoms with Gasteiger partial charge < -0.3 is 9.80 Å². The summed E-state index contributed by atoms with van der Waals surface area (Å²) in [4.78, 5) is 28.8. The number of aryl methyl sites for hydroxylation is 1. The van der Waals surface area contributed by atoms with Gasteiger partial charge in [0.25, 0.3) is 11.5 Å². The average molecular weight is 384 g/mol. The molecule has 1 fully saturated rings. The van der Waals surface area contributed by atoms with Gasteiger partial charge in [0.05, 0.1) is 5.39 Å². The summed E-state index contributed by atoms with van der Waals surface area (Å²) >= 11 is 0. The van der Waals surface area contributed by atoms with E-state index in [0.29, 0.717) is 42.6 Å². The normalized spacial score (nSPS) is 14.5. The van der Waals surface area contributed by atoms with Crippen molar-refractivity contribution in [3.63, 3.8) is 0 Å². The van der Waals surface area contributed by atoms with Gasteiger partial charge in [0, 0.05) is 50.4 Å². The van der Waals surface area contributed by atoms with E-state index in [1.54, 1.807) is 29.2 Å². The van der Waals surface area contributed by atoms with Crippen molar-refractivity contribution in [1.29, 1.82) is 0 Å². The van der Waals surface area contributed by atoms with E-state index in [0.717, 1.165) is 6.07 Å². The molecule has 4 rings (SSSR count). The van der Waals surface area contributed by atoms with Crippen molar-refractivity contribution >= 4 is 22.4 Å². The third-order valence-corrected chi connectivity index (χ3v) is 4.94. The summed E-state index contributed by atoms with van der Waals surface area (Å²) in [6.07, 6.45) is 0. The molecule has 0 radical (unpaired) electrons. The van der Waals surface area contributed by atoms with Gasteiger partial charge >= 0.3 is 0 Å². The molecule has 1 saturated heterocycles. The Kier molecular flexibility index (Phi) is 4.54. The van der Waals surface area contributed by atoms with Crippen molar-refractivity contribution < 1.29 is 13.6 Å². The van der Waals surface area contributed by atoms with E-state index in [9.17, 15) is 18.4 Å². The highest BCUT2D eigenvalue weighted by Crippen LogP contribution is 2.21. The number of benzene rings is 2. The first kappa shape index (κ1) is 18.1. The summed E-state index contributed by atoms with van der Waals surface area (Å²) in [5, 5.41) is 5.14. The molecule has 28 heavy (non-hydrogen) atoms. The van der Waals surface area contributed by atoms with Gasteiger partial charge in [-0.05, 0) is 18.2 Å². The van der Waals surface area contributed by atoms with Crippen LogP contribution in [0.1, 0.15) is 10.5 Å². The fourth-order valence-corrected chi connectivity index (χ4v) is 3.50. The molecule has 0 unspecified atom stereocenters. The molecular formula is C20H18F2N4O2. The number of anilines is 1. The highest BCUT2D eigenvalue weighted by Gasteiger charge is 2.26. The van der Waals surface area contributed by atoms with Gasteiger partial charge in [-0.1, -0.05) is 18.2 Å². The van der Waals surface area contributed by atoms with E-state index in [1.165, 1.54) is 23.9 Å². The maximum absolute atomic E-state index is 13.5. The third kappa shape index (κ3) is 3.21. The Hall–Kier alpha value is -3.29. The van der Waals surface area contributed by atoms with Crippen molar-refractivity contribution in [3.05, 3.63) is 70.1 Å². The molecular weight excluding hydrogens is 366 g/mol. The van der Waals surface area contributed by atoms with Gasteiger partial charge in [-0.15, -0.1) is 0 Å². The molecule has 2 heterocycles. The fraction of sp³-hybridized carbons (Fsp3) is 0.250. The van der Waals surface area contributed by atoms with Crippen LogP contribution in [0.3, 0.4) is 0 Å². The predicted octanol–water partition coefficient (Wildman–Crippen LogP) is 2.17. The predicted molar refractivity (Wildman–Crippen MR) is 101 cm³/mol. The minimum absolute atomic E-state index is 0.225. The molecule has 1 aliphatic rings. The first-order chi connectivity index (χ1) is 13.4. The van der Waals surface area contributed by atoms with Crippen molar-refractivity contribution in [3.8, 4) is 0 Å². The van der Waals surface area contributed by atoms with E-state index < -0.39 is 11.6 Å². The van der Waals surface area contributed by atoms with E-state index in [1.807, 2.05) is 4.90 Å². The molecule has 0 bridgehead atoms. The summed E-state index contributed by atoms with van der Waals surface area (Å²) in [6, 6.07) is 10.3. The molecule has 0 atom stereocenters. The van der Waals surface area contributed by atoms with Crippen LogP contribution in [0.25, 0.3) is 10.8 Å². The van der Waals surface area contributed by atoms with Crippen molar-refractivity contribution in [2.75, 3.05) is 31.1 Å². The van der Waals surface area contributed by atoms with Crippen LogP contribution in [0.2, 0.25) is 0 Å². The Morgan fingerprint density at radius 2 is 1.57 bits per heavy atom. The SMILES string of the molecule is Cn1nc(C(=O)N2CCN(c3cc(F)cc(F)c3)CC2)c2ccccc2c1=O. The van der Waals surface area contributed by atoms with Gasteiger partial charge in [0.1, 0.15) is 11.6 Å². The second-order valence-electron chi connectivity index (χ2n) is 6.73. The first-order valence-electron chi connectivity index (χ1n) is 8.90. The van der Waals surface area contributed by atoms with Crippen LogP contribution >= 0.6 is 0 Å². The molecule has 8 heteroatoms. The van der Waals surface area contributed by atoms with Gasteiger partial charge in [-0.3, -0.25) is 9.59 Å². The zero-order chi connectivity index (χ0) is 19.8. The molecule has 3 aromatic rings. The second-order valence-corrected chi connectivity index (χ2v) is 6.73. The summed E-state index contributed by atoms with van der Waals surface area (Å²) < 4.78 is 28.1. The third-order valence-electron chi connectivity index (χ3n) is 4.94. The van der Waals surface area contributed by atoms with Crippen LogP contribution < -0.4 is 10.5 Å². The Balaban J connectivity index is 1.57. The number of fused-ring (bicyclic) bond motifs is 1. The lowest BCUT2D eigenvalue weighted by Gasteiger charge is -2.36. The minimum Gasteiger partial charge on any atom is -0.368 e. The number of carbonyl (C=O) groups is 1. The van der Waals surface area contributed by atoms with Crippen molar-refractivity contribution in [2.45, 2.75) is 0 Å². The van der Waals surface area contributed by atoms with E-state index in [4.69, 9.17) is 0 Å². The highest BCUT2D eigenvalue weighted by molar-refractivity contribution is 6.04. The average Bonchev–Trinajstić information content (AvgIpc) is 2.69. The van der Waals surface area contributed by atoms with Gasteiger partial charge in [-0.25, -0.2) is 13.5 Å². The van der Waals surface area contributed by atoms with Gasteiger partial charge in [-0.2, -0.15) is 5.10 Å². The molecule has 1 amide bonds. The van der Waals surface area contributed by atoms with Crippen LogP contribution in [0, 0.1) is 11.6 Å². The van der Waals surface area contributed by atoms with Crippen LogP contribution in [-0.2, 0) is 7.05 Å². The van der Waals surface area contributed by atoms with Crippen LogP contribution in [0.5, 0.6) is 0 Å². The number of nitrogens with zero attached hydrogens (tertiary/aromatic N) is 4. The zero-order valence-electron chi connectivity index (χ0n) is 15.2. The first-order valence-corrected chi connectivity index (χ1v) is 8.90. The van der Waals surface area contributed by atoms with E-state index in [2.05, 4.69) is 5.10 Å². The Bertz CT molecular complexity index is 1100. The minimum atomic E-state index is -0.630. The lowest BCUT2D eigenvalue weighted by atomic mass is 10.1. The number of piperazine rings is 1. The fourth-order valence-electron chi connectivity index (χ4n) is 3.50. The molecule has 1 aromatic heterocycles. The molecule has 0 spiro atoms. The monoisotopic (exact) mass is 384 g/mol. The van der Waals surface area contributed by atoms with Crippen LogP contribution in [0.4, 0.5) is 14.5 Å². The van der Waals surface area contributed by atoms with Gasteiger partial charge in [0.2, 0.25) is 0 Å². The molecule has 0 saturated carbocycles. The maximum atomic E-state index is 13.5. The number of carbonyl (C=O) groups excluding carboxylic acids is 1. The Morgan fingerprint density at radius 1 is 0.964 bits per heavy atom. The summed E-state index contributed by atoms with van der Waals surface area (Å²) in [5.41, 5.74) is 0.420. The van der Waals surface area contributed by atoms with E-state index >= 15 is 0 Å². The molecule has 0 N–H and O–H groups in total. The quantitative estimate of drug-likeness (QED) is 0.680. The largest absolute Gasteiger partial charge is 0.368 e. The van der Waals surface area contributed by atoms with Crippen LogP contribution in [0.15, 0.2) is 47.3 Å². The number of amides is 1. The molecule has 6 nitrogen and oxygen atoms in total. The summed E-state index contributed by atoms with van der Waals surface area (Å²) in [7, 11) is 1.52. The molecule has 2 aromatic carbocycles. The molecule has 0 aliphatic carbocycles. The Morgan fingerprint density at radius 3 is 2.21 bits per heavy atom. The van der Waals surface area contributed by atoms with Gasteiger partial charge in [0.15, 0.2) is 5.69 Å². The molecule has 144 valence electrons. The topological polar surface area (TPSA) is 58.4 Å². The standard InChI is InChI=1S/C20H18F2N4O2/c1-24-19(27)17-5-3-2-4-16(17)18(23-24)20(28)26-8-6-25(7-9-26)15-11-13(21)10-14(22)12-15/h2-5,10-12H,6-9H2,1H3.